The molecule has 5 nitrogen and oxygen atoms in total. The fourth-order valence-electron chi connectivity index (χ4n) is 1.80. The van der Waals surface area contributed by atoms with Crippen LogP contribution in [0.5, 0.6) is 5.75 Å². The molecule has 1 N–H and O–H groups in total. The molecule has 0 aliphatic heterocycles. The van der Waals surface area contributed by atoms with Crippen molar-refractivity contribution in [3.63, 3.8) is 0 Å². The third kappa shape index (κ3) is 3.73. The number of aromatic nitrogens is 3. The summed E-state index contributed by atoms with van der Waals surface area (Å²) in [5.74, 6) is 1.05. The first kappa shape index (κ1) is 14.3. The number of aromatic hydroxyl groups is 1. The minimum Gasteiger partial charge on any atom is -0.508 e. The van der Waals surface area contributed by atoms with E-state index in [-0.39, 0.29) is 5.75 Å². The van der Waals surface area contributed by atoms with Crippen molar-refractivity contribution in [2.45, 2.75) is 10.9 Å². The topological polar surface area (TPSA) is 63.3 Å². The predicted molar refractivity (Wildman–Crippen MR) is 87.1 cm³/mol. The van der Waals surface area contributed by atoms with Crippen LogP contribution in [0.4, 0.5) is 0 Å². The maximum Gasteiger partial charge on any atom is 0.212 e. The molecular weight excluding hydrogens is 296 g/mol. The second-order valence-corrected chi connectivity index (χ2v) is 5.51. The maximum atomic E-state index is 9.26. The lowest BCUT2D eigenvalue weighted by atomic mass is 10.2. The highest BCUT2D eigenvalue weighted by Gasteiger charge is 2.04. The van der Waals surface area contributed by atoms with Crippen molar-refractivity contribution in [3.05, 3.63) is 72.1 Å². The van der Waals surface area contributed by atoms with Gasteiger partial charge >= 0.3 is 0 Å². The molecule has 3 aromatic rings. The van der Waals surface area contributed by atoms with E-state index < -0.39 is 0 Å². The van der Waals surface area contributed by atoms with Gasteiger partial charge in [-0.1, -0.05) is 42.1 Å². The number of thioether (sulfide) groups is 1. The Morgan fingerprint density at radius 2 is 1.86 bits per heavy atom. The van der Waals surface area contributed by atoms with E-state index in [1.165, 1.54) is 5.56 Å². The van der Waals surface area contributed by atoms with Gasteiger partial charge in [-0.15, -0.1) is 10.2 Å². The Kier molecular flexibility index (Phi) is 4.50. The lowest BCUT2D eigenvalue weighted by Crippen LogP contribution is -1.92. The largest absolute Gasteiger partial charge is 0.508 e. The molecule has 0 aliphatic carbocycles. The Bertz CT molecular complexity index is 753. The van der Waals surface area contributed by atoms with E-state index in [9.17, 15) is 5.11 Å². The summed E-state index contributed by atoms with van der Waals surface area (Å²) in [6, 6.07) is 17.0. The van der Waals surface area contributed by atoms with E-state index >= 15 is 0 Å². The molecule has 2 aromatic carbocycles. The van der Waals surface area contributed by atoms with Crippen molar-refractivity contribution in [1.82, 2.24) is 14.9 Å². The third-order valence-corrected chi connectivity index (χ3v) is 3.94. The molecule has 22 heavy (non-hydrogen) atoms. The van der Waals surface area contributed by atoms with Crippen molar-refractivity contribution in [1.29, 1.82) is 0 Å². The summed E-state index contributed by atoms with van der Waals surface area (Å²) in [4.78, 5) is 0. The Morgan fingerprint density at radius 3 is 2.64 bits per heavy atom. The van der Waals surface area contributed by atoms with Gasteiger partial charge in [-0.2, -0.15) is 9.78 Å². The van der Waals surface area contributed by atoms with Crippen molar-refractivity contribution in [3.8, 4) is 5.75 Å². The fraction of sp³-hybridized carbons (Fsp3) is 0.0625. The van der Waals surface area contributed by atoms with Gasteiger partial charge in [-0.3, -0.25) is 0 Å². The van der Waals surface area contributed by atoms with Crippen LogP contribution in [0.2, 0.25) is 0 Å². The van der Waals surface area contributed by atoms with E-state index in [0.717, 1.165) is 16.5 Å². The zero-order chi connectivity index (χ0) is 15.2. The lowest BCUT2D eigenvalue weighted by molar-refractivity contribution is 0.475. The molecule has 0 fully saturated rings. The summed E-state index contributed by atoms with van der Waals surface area (Å²) in [6.07, 6.45) is 3.28. The minimum atomic E-state index is 0.237. The maximum absolute atomic E-state index is 9.26. The van der Waals surface area contributed by atoms with Gasteiger partial charge in [0.1, 0.15) is 12.1 Å². The van der Waals surface area contributed by atoms with E-state index in [0.29, 0.717) is 0 Å². The molecule has 6 heteroatoms. The summed E-state index contributed by atoms with van der Waals surface area (Å²) in [5, 5.41) is 22.3. The van der Waals surface area contributed by atoms with E-state index in [1.54, 1.807) is 53.2 Å². The quantitative estimate of drug-likeness (QED) is 0.581. The molecule has 110 valence electrons. The van der Waals surface area contributed by atoms with Crippen LogP contribution in [-0.4, -0.2) is 26.2 Å². The number of hydrogen-bond donors (Lipinski definition) is 1. The van der Waals surface area contributed by atoms with Crippen LogP contribution < -0.4 is 0 Å². The van der Waals surface area contributed by atoms with Crippen molar-refractivity contribution < 1.29 is 5.11 Å². The Labute approximate surface area is 132 Å². The standard InChI is InChI=1S/C16H14N4OS/c21-15-8-6-13(7-9-15)10-18-20-12-17-19-16(20)22-11-14-4-2-1-3-5-14/h1-10,12,21H,11H2/b18-10+. The first-order valence-corrected chi connectivity index (χ1v) is 7.70. The van der Waals surface area contributed by atoms with Gasteiger partial charge in [0.25, 0.3) is 0 Å². The first-order valence-electron chi connectivity index (χ1n) is 6.71. The van der Waals surface area contributed by atoms with Crippen LogP contribution in [0.3, 0.4) is 0 Å². The average Bonchev–Trinajstić information content (AvgIpc) is 3.01. The van der Waals surface area contributed by atoms with Crippen LogP contribution in [-0.2, 0) is 5.75 Å². The highest BCUT2D eigenvalue weighted by Crippen LogP contribution is 2.20. The van der Waals surface area contributed by atoms with Gasteiger partial charge in [0.05, 0.1) is 6.21 Å². The number of rotatable bonds is 5. The van der Waals surface area contributed by atoms with Crippen LogP contribution in [0.1, 0.15) is 11.1 Å². The van der Waals surface area contributed by atoms with Crippen molar-refractivity contribution in [2.75, 3.05) is 0 Å². The molecule has 0 spiro atoms. The molecule has 0 bridgehead atoms. The third-order valence-electron chi connectivity index (χ3n) is 2.94. The minimum absolute atomic E-state index is 0.237. The molecule has 0 aliphatic rings. The summed E-state index contributed by atoms with van der Waals surface area (Å²) < 4.78 is 1.64. The van der Waals surface area contributed by atoms with E-state index in [4.69, 9.17) is 0 Å². The molecule has 3 rings (SSSR count). The zero-order valence-corrected chi connectivity index (χ0v) is 12.5. The molecule has 0 saturated carbocycles. The van der Waals surface area contributed by atoms with Gasteiger partial charge in [-0.05, 0) is 35.4 Å². The number of phenolic OH excluding ortho intramolecular Hbond substituents is 1. The molecule has 0 radical (unpaired) electrons. The summed E-state index contributed by atoms with van der Waals surface area (Å²) in [7, 11) is 0. The van der Waals surface area contributed by atoms with Crippen molar-refractivity contribution >= 4 is 18.0 Å². The molecule has 0 saturated heterocycles. The smallest absolute Gasteiger partial charge is 0.212 e. The molecule has 0 atom stereocenters. The highest BCUT2D eigenvalue weighted by molar-refractivity contribution is 7.98. The molecule has 0 unspecified atom stereocenters. The predicted octanol–water partition coefficient (Wildman–Crippen LogP) is 3.16. The van der Waals surface area contributed by atoms with Gasteiger partial charge in [0.15, 0.2) is 0 Å². The average molecular weight is 310 g/mol. The number of phenols is 1. The molecule has 0 amide bonds. The molecular formula is C16H14N4OS. The van der Waals surface area contributed by atoms with E-state index in [1.807, 2.05) is 18.2 Å². The molecule has 1 heterocycles. The second kappa shape index (κ2) is 6.91. The first-order chi connectivity index (χ1) is 10.8. The van der Waals surface area contributed by atoms with Crippen LogP contribution in [0.15, 0.2) is 71.2 Å². The number of nitrogens with zero attached hydrogens (tertiary/aromatic N) is 4. The number of hydrogen-bond acceptors (Lipinski definition) is 5. The van der Waals surface area contributed by atoms with Gasteiger partial charge < -0.3 is 5.11 Å². The van der Waals surface area contributed by atoms with Gasteiger partial charge in [0.2, 0.25) is 5.16 Å². The Morgan fingerprint density at radius 1 is 1.09 bits per heavy atom. The highest BCUT2D eigenvalue weighted by atomic mass is 32.2. The summed E-state index contributed by atoms with van der Waals surface area (Å²) in [6.45, 7) is 0. The van der Waals surface area contributed by atoms with Crippen LogP contribution in [0, 0.1) is 0 Å². The summed E-state index contributed by atoms with van der Waals surface area (Å²) in [5.41, 5.74) is 2.12. The SMILES string of the molecule is Oc1ccc(/C=N/n2cnnc2SCc2ccccc2)cc1. The van der Waals surface area contributed by atoms with Gasteiger partial charge in [-0.25, -0.2) is 0 Å². The normalized spacial score (nSPS) is 11.1. The van der Waals surface area contributed by atoms with E-state index in [2.05, 4.69) is 27.4 Å². The fourth-order valence-corrected chi connectivity index (χ4v) is 2.62. The monoisotopic (exact) mass is 310 g/mol. The Balaban J connectivity index is 1.68. The van der Waals surface area contributed by atoms with Crippen LogP contribution >= 0.6 is 11.8 Å². The molecule has 1 aromatic heterocycles. The van der Waals surface area contributed by atoms with Crippen molar-refractivity contribution in [2.24, 2.45) is 5.10 Å². The second-order valence-electron chi connectivity index (χ2n) is 4.57. The van der Waals surface area contributed by atoms with Crippen LogP contribution in [0.25, 0.3) is 0 Å². The van der Waals surface area contributed by atoms with Gasteiger partial charge in [0, 0.05) is 5.75 Å². The lowest BCUT2D eigenvalue weighted by Gasteiger charge is -2.01. The zero-order valence-electron chi connectivity index (χ0n) is 11.7. The summed E-state index contributed by atoms with van der Waals surface area (Å²) >= 11 is 1.58. The Hall–Kier alpha value is -2.60. The number of benzene rings is 2.